The van der Waals surface area contributed by atoms with Crippen molar-refractivity contribution in [2.45, 2.75) is 25.9 Å². The van der Waals surface area contributed by atoms with E-state index >= 15 is 0 Å². The van der Waals surface area contributed by atoms with Crippen LogP contribution in [-0.2, 0) is 14.3 Å². The Bertz CT molecular complexity index is 1170. The lowest BCUT2D eigenvalue weighted by molar-refractivity contribution is -0.160. The van der Waals surface area contributed by atoms with Crippen molar-refractivity contribution < 1.29 is 19.1 Å². The molecule has 1 unspecified atom stereocenters. The van der Waals surface area contributed by atoms with Gasteiger partial charge in [-0.25, -0.2) is 0 Å². The number of rotatable bonds is 6. The summed E-state index contributed by atoms with van der Waals surface area (Å²) in [5.41, 5.74) is 2.87. The molecule has 0 aliphatic carbocycles. The maximum Gasteiger partial charge on any atom is 0.310 e. The van der Waals surface area contributed by atoms with Crippen LogP contribution < -0.4 is 5.32 Å². The molecule has 3 aromatic rings. The molecular formula is C28H27ClN2O4. The maximum atomic E-state index is 13.1. The zero-order valence-corrected chi connectivity index (χ0v) is 20.2. The van der Waals surface area contributed by atoms with Gasteiger partial charge in [-0.15, -0.1) is 0 Å². The Hall–Kier alpha value is -3.64. The van der Waals surface area contributed by atoms with Gasteiger partial charge in [0, 0.05) is 34.9 Å². The van der Waals surface area contributed by atoms with Crippen LogP contribution in [0.15, 0.2) is 78.9 Å². The van der Waals surface area contributed by atoms with E-state index in [2.05, 4.69) is 5.32 Å². The molecule has 1 atom stereocenters. The van der Waals surface area contributed by atoms with Crippen molar-refractivity contribution in [3.05, 3.63) is 101 Å². The smallest absolute Gasteiger partial charge is 0.310 e. The molecule has 1 aliphatic heterocycles. The lowest BCUT2D eigenvalue weighted by Crippen LogP contribution is -2.41. The van der Waals surface area contributed by atoms with E-state index in [-0.39, 0.29) is 11.8 Å². The van der Waals surface area contributed by atoms with Gasteiger partial charge in [0.2, 0.25) is 6.10 Å². The zero-order valence-electron chi connectivity index (χ0n) is 19.4. The summed E-state index contributed by atoms with van der Waals surface area (Å²) in [6.45, 7) is 2.84. The maximum absolute atomic E-state index is 13.1. The van der Waals surface area contributed by atoms with Gasteiger partial charge in [-0.1, -0.05) is 59.6 Å². The molecule has 1 aliphatic rings. The number of esters is 1. The molecular weight excluding hydrogens is 464 g/mol. The third-order valence-corrected chi connectivity index (χ3v) is 6.35. The van der Waals surface area contributed by atoms with E-state index in [1.54, 1.807) is 53.4 Å². The number of hydrogen-bond donors (Lipinski definition) is 1. The molecule has 0 aromatic heterocycles. The molecule has 4 rings (SSSR count). The minimum absolute atomic E-state index is 0.0897. The van der Waals surface area contributed by atoms with Gasteiger partial charge >= 0.3 is 5.97 Å². The van der Waals surface area contributed by atoms with Crippen LogP contribution >= 0.6 is 11.6 Å². The van der Waals surface area contributed by atoms with Crippen LogP contribution in [-0.4, -0.2) is 35.8 Å². The Balaban J connectivity index is 1.40. The molecule has 6 nitrogen and oxygen atoms in total. The highest BCUT2D eigenvalue weighted by molar-refractivity contribution is 6.30. The third-order valence-electron chi connectivity index (χ3n) is 6.10. The second-order valence-corrected chi connectivity index (χ2v) is 9.09. The Labute approximate surface area is 209 Å². The lowest BCUT2D eigenvalue weighted by Gasteiger charge is -2.31. The highest BCUT2D eigenvalue weighted by atomic mass is 35.5. The number of piperidine rings is 1. The van der Waals surface area contributed by atoms with Crippen LogP contribution in [0.2, 0.25) is 5.02 Å². The van der Waals surface area contributed by atoms with E-state index in [0.717, 1.165) is 5.56 Å². The topological polar surface area (TPSA) is 75.7 Å². The van der Waals surface area contributed by atoms with E-state index in [0.29, 0.717) is 47.8 Å². The van der Waals surface area contributed by atoms with Crippen LogP contribution in [0.5, 0.6) is 0 Å². The number of nitrogens with zero attached hydrogens (tertiary/aromatic N) is 1. The van der Waals surface area contributed by atoms with Gasteiger partial charge in [0.05, 0.1) is 5.92 Å². The number of aryl methyl sites for hydroxylation is 1. The summed E-state index contributed by atoms with van der Waals surface area (Å²) in [4.78, 5) is 40.6. The van der Waals surface area contributed by atoms with Gasteiger partial charge in [-0.05, 0) is 56.2 Å². The summed E-state index contributed by atoms with van der Waals surface area (Å²) in [5.74, 6) is -1.32. The van der Waals surface area contributed by atoms with Crippen LogP contribution in [0.1, 0.15) is 40.4 Å². The molecule has 7 heteroatoms. The van der Waals surface area contributed by atoms with Crippen molar-refractivity contribution in [1.29, 1.82) is 0 Å². The van der Waals surface area contributed by atoms with Crippen molar-refractivity contribution in [1.82, 2.24) is 4.90 Å². The third kappa shape index (κ3) is 6.28. The molecule has 1 fully saturated rings. The van der Waals surface area contributed by atoms with E-state index in [9.17, 15) is 14.4 Å². The van der Waals surface area contributed by atoms with Crippen LogP contribution in [0.3, 0.4) is 0 Å². The van der Waals surface area contributed by atoms with Crippen LogP contribution in [0.4, 0.5) is 5.69 Å². The summed E-state index contributed by atoms with van der Waals surface area (Å²) in [6.07, 6.45) is -0.128. The number of benzene rings is 3. The average Bonchev–Trinajstić information content (AvgIpc) is 2.89. The minimum atomic E-state index is -1.07. The first-order chi connectivity index (χ1) is 16.9. The quantitative estimate of drug-likeness (QED) is 0.468. The van der Waals surface area contributed by atoms with Gasteiger partial charge < -0.3 is 15.0 Å². The van der Waals surface area contributed by atoms with Crippen molar-refractivity contribution in [2.75, 3.05) is 18.4 Å². The first kappa shape index (κ1) is 24.5. The molecule has 0 bridgehead atoms. The van der Waals surface area contributed by atoms with Crippen molar-refractivity contribution in [3.8, 4) is 0 Å². The van der Waals surface area contributed by atoms with Gasteiger partial charge in [-0.2, -0.15) is 0 Å². The largest absolute Gasteiger partial charge is 0.447 e. The average molecular weight is 491 g/mol. The van der Waals surface area contributed by atoms with Crippen LogP contribution in [0, 0.1) is 12.8 Å². The van der Waals surface area contributed by atoms with Crippen LogP contribution in [0.25, 0.3) is 0 Å². The second kappa shape index (κ2) is 11.2. The fraction of sp³-hybridized carbons (Fsp3) is 0.250. The number of ether oxygens (including phenoxy) is 1. The number of carbonyl (C=O) groups is 3. The van der Waals surface area contributed by atoms with E-state index in [4.69, 9.17) is 16.3 Å². The summed E-state index contributed by atoms with van der Waals surface area (Å²) in [5, 5.41) is 3.41. The summed E-state index contributed by atoms with van der Waals surface area (Å²) < 4.78 is 5.76. The standard InChI is InChI=1S/C28H27ClN2O4/c1-19-7-13-24(14-8-19)30-26(32)25(20-5-3-2-4-6-20)35-28(34)22-15-17-31(18-16-22)27(33)21-9-11-23(29)12-10-21/h2-14,22,25H,15-18H2,1H3,(H,30,32). The second-order valence-electron chi connectivity index (χ2n) is 8.66. The molecule has 2 amide bonds. The fourth-order valence-electron chi connectivity index (χ4n) is 4.05. The minimum Gasteiger partial charge on any atom is -0.447 e. The molecule has 35 heavy (non-hydrogen) atoms. The van der Waals surface area contributed by atoms with Gasteiger partial charge in [0.1, 0.15) is 0 Å². The Morgan fingerprint density at radius 1 is 0.914 bits per heavy atom. The summed E-state index contributed by atoms with van der Waals surface area (Å²) in [6, 6.07) is 23.2. The SMILES string of the molecule is Cc1ccc(NC(=O)C(OC(=O)C2CCN(C(=O)c3ccc(Cl)cc3)CC2)c2ccccc2)cc1. The monoisotopic (exact) mass is 490 g/mol. The van der Waals surface area contributed by atoms with E-state index in [1.807, 2.05) is 37.3 Å². The molecule has 0 radical (unpaired) electrons. The van der Waals surface area contributed by atoms with Crippen molar-refractivity contribution in [2.24, 2.45) is 5.92 Å². The van der Waals surface area contributed by atoms with Crippen molar-refractivity contribution in [3.63, 3.8) is 0 Å². The molecule has 180 valence electrons. The number of carbonyl (C=O) groups excluding carboxylic acids is 3. The van der Waals surface area contributed by atoms with E-state index in [1.165, 1.54) is 0 Å². The fourth-order valence-corrected chi connectivity index (χ4v) is 4.18. The Morgan fingerprint density at radius 2 is 1.54 bits per heavy atom. The normalized spacial score (nSPS) is 14.7. The number of likely N-dealkylation sites (tertiary alicyclic amines) is 1. The first-order valence-electron chi connectivity index (χ1n) is 11.6. The molecule has 1 N–H and O–H groups in total. The lowest BCUT2D eigenvalue weighted by atomic mass is 9.96. The Kier molecular flexibility index (Phi) is 7.83. The first-order valence-corrected chi connectivity index (χ1v) is 12.0. The van der Waals surface area contributed by atoms with Gasteiger partial charge in [0.25, 0.3) is 11.8 Å². The predicted molar refractivity (Wildman–Crippen MR) is 135 cm³/mol. The van der Waals surface area contributed by atoms with E-state index < -0.39 is 18.0 Å². The number of hydrogen-bond acceptors (Lipinski definition) is 4. The molecule has 0 saturated carbocycles. The Morgan fingerprint density at radius 3 is 2.17 bits per heavy atom. The van der Waals surface area contributed by atoms with Crippen molar-refractivity contribution >= 4 is 35.1 Å². The predicted octanol–water partition coefficient (Wildman–Crippen LogP) is 5.42. The zero-order chi connectivity index (χ0) is 24.8. The number of halogens is 1. The van der Waals surface area contributed by atoms with Gasteiger partial charge in [-0.3, -0.25) is 14.4 Å². The van der Waals surface area contributed by atoms with Gasteiger partial charge in [0.15, 0.2) is 0 Å². The highest BCUT2D eigenvalue weighted by Crippen LogP contribution is 2.26. The highest BCUT2D eigenvalue weighted by Gasteiger charge is 2.32. The summed E-state index contributed by atoms with van der Waals surface area (Å²) >= 11 is 5.91. The summed E-state index contributed by atoms with van der Waals surface area (Å²) in [7, 11) is 0. The molecule has 3 aromatic carbocycles. The molecule has 1 saturated heterocycles. The number of amides is 2. The number of anilines is 1. The molecule has 1 heterocycles. The molecule has 0 spiro atoms. The number of nitrogens with one attached hydrogen (secondary N) is 1.